The summed E-state index contributed by atoms with van der Waals surface area (Å²) in [7, 11) is 2.08. The van der Waals surface area contributed by atoms with Crippen LogP contribution in [0.25, 0.3) is 0 Å². The number of nitrogens with zero attached hydrogens (tertiary/aromatic N) is 1. The van der Waals surface area contributed by atoms with Crippen LogP contribution in [0.1, 0.15) is 32.1 Å². The average molecular weight is 219 g/mol. The molecule has 1 saturated carbocycles. The van der Waals surface area contributed by atoms with Gasteiger partial charge in [0.2, 0.25) is 0 Å². The summed E-state index contributed by atoms with van der Waals surface area (Å²) in [5.74, 6) is 0. The zero-order valence-electron chi connectivity index (χ0n) is 10.1. The molecule has 0 amide bonds. The van der Waals surface area contributed by atoms with Gasteiger partial charge in [0.25, 0.3) is 0 Å². The van der Waals surface area contributed by atoms with Crippen molar-refractivity contribution in [2.45, 2.75) is 38.2 Å². The minimum absolute atomic E-state index is 0.486. The van der Waals surface area contributed by atoms with E-state index in [1.165, 1.54) is 37.8 Å². The molecule has 1 aromatic rings. The van der Waals surface area contributed by atoms with Crippen LogP contribution in [0.4, 0.5) is 5.69 Å². The Bertz CT molecular complexity index is 293. The molecule has 1 fully saturated rings. The normalized spacial score (nSPS) is 17.3. The zero-order chi connectivity index (χ0) is 11.2. The summed E-state index contributed by atoms with van der Waals surface area (Å²) in [6.45, 7) is 0.703. The quantitative estimate of drug-likeness (QED) is 0.719. The van der Waals surface area contributed by atoms with Gasteiger partial charge in [0.15, 0.2) is 0 Å². The fraction of sp³-hybridized carbons (Fsp3) is 0.571. The van der Waals surface area contributed by atoms with E-state index in [0.29, 0.717) is 12.8 Å². The first kappa shape index (κ1) is 11.5. The van der Waals surface area contributed by atoms with Crippen LogP contribution >= 0.6 is 0 Å². The summed E-state index contributed by atoms with van der Waals surface area (Å²) in [6, 6.07) is 10.4. The van der Waals surface area contributed by atoms with Crippen LogP contribution in [-0.2, 0) is 4.74 Å². The van der Waals surface area contributed by atoms with Gasteiger partial charge in [0.1, 0.15) is 6.73 Å². The van der Waals surface area contributed by atoms with E-state index in [1.807, 2.05) is 6.07 Å². The molecular weight excluding hydrogens is 198 g/mol. The van der Waals surface area contributed by atoms with Crippen LogP contribution in [-0.4, -0.2) is 19.9 Å². The largest absolute Gasteiger partial charge is 0.358 e. The van der Waals surface area contributed by atoms with Gasteiger partial charge in [-0.15, -0.1) is 0 Å². The van der Waals surface area contributed by atoms with Gasteiger partial charge in [-0.25, -0.2) is 0 Å². The standard InChI is InChI=1S/C14H21NO/c1-15(13-8-4-2-5-9-13)12-16-14-10-6-3-7-11-14/h2,4-5,8-9,14H,3,6-7,10-12H2,1H3. The van der Waals surface area contributed by atoms with E-state index in [-0.39, 0.29) is 0 Å². The van der Waals surface area contributed by atoms with E-state index in [4.69, 9.17) is 4.74 Å². The smallest absolute Gasteiger partial charge is 0.119 e. The van der Waals surface area contributed by atoms with Gasteiger partial charge in [0.05, 0.1) is 6.10 Å². The van der Waals surface area contributed by atoms with Gasteiger partial charge < -0.3 is 9.64 Å². The van der Waals surface area contributed by atoms with Crippen LogP contribution in [0.5, 0.6) is 0 Å². The number of hydrogen-bond acceptors (Lipinski definition) is 2. The molecule has 0 N–H and O–H groups in total. The van der Waals surface area contributed by atoms with E-state index >= 15 is 0 Å². The van der Waals surface area contributed by atoms with Crippen molar-refractivity contribution >= 4 is 5.69 Å². The molecule has 0 heterocycles. The summed E-state index contributed by atoms with van der Waals surface area (Å²) in [5.41, 5.74) is 1.22. The predicted molar refractivity (Wildman–Crippen MR) is 67.7 cm³/mol. The molecule has 0 bridgehead atoms. The molecule has 2 rings (SSSR count). The van der Waals surface area contributed by atoms with Crippen molar-refractivity contribution in [3.63, 3.8) is 0 Å². The number of anilines is 1. The molecule has 0 saturated heterocycles. The first-order valence-corrected chi connectivity index (χ1v) is 6.24. The van der Waals surface area contributed by atoms with Gasteiger partial charge >= 0.3 is 0 Å². The Hall–Kier alpha value is -1.02. The van der Waals surface area contributed by atoms with Crippen molar-refractivity contribution in [1.29, 1.82) is 0 Å². The van der Waals surface area contributed by atoms with Gasteiger partial charge in [-0.3, -0.25) is 0 Å². The highest BCUT2D eigenvalue weighted by atomic mass is 16.5. The average Bonchev–Trinajstić information content (AvgIpc) is 2.38. The maximum Gasteiger partial charge on any atom is 0.119 e. The topological polar surface area (TPSA) is 12.5 Å². The van der Waals surface area contributed by atoms with E-state index in [0.717, 1.165) is 0 Å². The maximum atomic E-state index is 5.93. The van der Waals surface area contributed by atoms with Crippen LogP contribution in [0.15, 0.2) is 30.3 Å². The van der Waals surface area contributed by atoms with E-state index in [1.54, 1.807) is 0 Å². The highest BCUT2D eigenvalue weighted by molar-refractivity contribution is 5.44. The first-order chi connectivity index (χ1) is 7.86. The second kappa shape index (κ2) is 5.90. The SMILES string of the molecule is CN(COC1CCCCC1)c1ccccc1. The van der Waals surface area contributed by atoms with Crippen molar-refractivity contribution < 1.29 is 4.74 Å². The molecule has 1 aliphatic rings. The van der Waals surface area contributed by atoms with Crippen molar-refractivity contribution in [1.82, 2.24) is 0 Å². The Morgan fingerprint density at radius 1 is 1.12 bits per heavy atom. The molecule has 0 spiro atoms. The summed E-state index contributed by atoms with van der Waals surface area (Å²) in [6.07, 6.45) is 7.01. The number of hydrogen-bond donors (Lipinski definition) is 0. The Balaban J connectivity index is 1.77. The fourth-order valence-corrected chi connectivity index (χ4v) is 2.21. The summed E-state index contributed by atoms with van der Waals surface area (Å²) < 4.78 is 5.93. The van der Waals surface area contributed by atoms with E-state index in [2.05, 4.69) is 36.2 Å². The molecule has 0 aromatic heterocycles. The number of rotatable bonds is 4. The summed E-state index contributed by atoms with van der Waals surface area (Å²) in [5, 5.41) is 0. The van der Waals surface area contributed by atoms with Crippen LogP contribution in [0.3, 0.4) is 0 Å². The first-order valence-electron chi connectivity index (χ1n) is 6.24. The Morgan fingerprint density at radius 2 is 1.81 bits per heavy atom. The number of ether oxygens (including phenoxy) is 1. The fourth-order valence-electron chi connectivity index (χ4n) is 2.21. The van der Waals surface area contributed by atoms with Crippen molar-refractivity contribution in [2.75, 3.05) is 18.7 Å². The minimum atomic E-state index is 0.486. The molecule has 16 heavy (non-hydrogen) atoms. The van der Waals surface area contributed by atoms with Gasteiger partial charge in [-0.1, -0.05) is 37.5 Å². The lowest BCUT2D eigenvalue weighted by atomic mass is 9.98. The third-order valence-electron chi connectivity index (χ3n) is 3.25. The Kier molecular flexibility index (Phi) is 4.23. The lowest BCUT2D eigenvalue weighted by Gasteiger charge is -2.26. The predicted octanol–water partition coefficient (Wildman–Crippen LogP) is 3.43. The van der Waals surface area contributed by atoms with E-state index < -0.39 is 0 Å². The number of benzene rings is 1. The third kappa shape index (κ3) is 3.24. The lowest BCUT2D eigenvalue weighted by molar-refractivity contribution is 0.0306. The van der Waals surface area contributed by atoms with Crippen molar-refractivity contribution in [3.05, 3.63) is 30.3 Å². The van der Waals surface area contributed by atoms with Crippen LogP contribution < -0.4 is 4.90 Å². The van der Waals surface area contributed by atoms with E-state index in [9.17, 15) is 0 Å². The second-order valence-corrected chi connectivity index (χ2v) is 4.59. The molecule has 2 heteroatoms. The molecule has 0 atom stereocenters. The zero-order valence-corrected chi connectivity index (χ0v) is 10.1. The van der Waals surface area contributed by atoms with Crippen molar-refractivity contribution in [3.8, 4) is 0 Å². The number of para-hydroxylation sites is 1. The highest BCUT2D eigenvalue weighted by Gasteiger charge is 2.14. The molecule has 2 nitrogen and oxygen atoms in total. The van der Waals surface area contributed by atoms with Gasteiger partial charge in [-0.05, 0) is 25.0 Å². The summed E-state index contributed by atoms with van der Waals surface area (Å²) >= 11 is 0. The van der Waals surface area contributed by atoms with Gasteiger partial charge in [-0.2, -0.15) is 0 Å². The Morgan fingerprint density at radius 3 is 2.50 bits per heavy atom. The van der Waals surface area contributed by atoms with Crippen LogP contribution in [0, 0.1) is 0 Å². The molecule has 0 radical (unpaired) electrons. The molecule has 1 aromatic carbocycles. The monoisotopic (exact) mass is 219 g/mol. The molecular formula is C14H21NO. The maximum absolute atomic E-state index is 5.93. The minimum Gasteiger partial charge on any atom is -0.358 e. The van der Waals surface area contributed by atoms with Crippen molar-refractivity contribution in [2.24, 2.45) is 0 Å². The third-order valence-corrected chi connectivity index (χ3v) is 3.25. The molecule has 0 unspecified atom stereocenters. The van der Waals surface area contributed by atoms with Crippen LogP contribution in [0.2, 0.25) is 0 Å². The van der Waals surface area contributed by atoms with Gasteiger partial charge in [0, 0.05) is 12.7 Å². The Labute approximate surface area is 98.2 Å². The summed E-state index contributed by atoms with van der Waals surface area (Å²) in [4.78, 5) is 2.16. The molecule has 88 valence electrons. The molecule has 1 aliphatic carbocycles. The molecule has 0 aliphatic heterocycles. The lowest BCUT2D eigenvalue weighted by Crippen LogP contribution is -2.26. The second-order valence-electron chi connectivity index (χ2n) is 4.59. The highest BCUT2D eigenvalue weighted by Crippen LogP contribution is 2.21.